The van der Waals surface area contributed by atoms with Crippen molar-refractivity contribution >= 4 is 18.2 Å². The Morgan fingerprint density at radius 1 is 1.15 bits per heavy atom. The van der Waals surface area contributed by atoms with E-state index in [1.165, 1.54) is 25.0 Å². The Bertz CT molecular complexity index is 1120. The highest BCUT2D eigenvalue weighted by molar-refractivity contribution is 5.77. The van der Waals surface area contributed by atoms with E-state index < -0.39 is 0 Å². The molecule has 0 bridgehead atoms. The fourth-order valence-electron chi connectivity index (χ4n) is 4.28. The van der Waals surface area contributed by atoms with Crippen LogP contribution in [0.25, 0.3) is 5.57 Å². The van der Waals surface area contributed by atoms with Gasteiger partial charge in [0.25, 0.3) is 0 Å². The molecular weight excluding hydrogens is 493 g/mol. The molecule has 1 aliphatic heterocycles. The third-order valence-electron chi connectivity index (χ3n) is 6.58. The molecule has 7 heteroatoms. The number of benzene rings is 2. The fraction of sp³-hybridized carbons (Fsp3) is 0.438. The second kappa shape index (κ2) is 15.8. The highest BCUT2D eigenvalue weighted by atomic mass is 19.1. The van der Waals surface area contributed by atoms with Crippen molar-refractivity contribution in [3.63, 3.8) is 0 Å². The Balaban J connectivity index is 1.44. The molecule has 1 aliphatic rings. The van der Waals surface area contributed by atoms with E-state index in [4.69, 9.17) is 9.47 Å². The van der Waals surface area contributed by atoms with E-state index in [-0.39, 0.29) is 18.3 Å². The predicted octanol–water partition coefficient (Wildman–Crippen LogP) is 6.28. The van der Waals surface area contributed by atoms with Gasteiger partial charge in [0.2, 0.25) is 5.91 Å². The molecule has 2 aromatic carbocycles. The molecule has 3 rings (SSSR count). The van der Waals surface area contributed by atoms with Crippen molar-refractivity contribution in [2.45, 2.75) is 46.1 Å². The lowest BCUT2D eigenvalue weighted by Gasteiger charge is -2.28. The minimum atomic E-state index is -0.379. The van der Waals surface area contributed by atoms with E-state index in [2.05, 4.69) is 29.0 Å². The number of nitrogens with one attached hydrogen (secondary N) is 1. The Hall–Kier alpha value is -3.45. The van der Waals surface area contributed by atoms with Crippen LogP contribution in [0.1, 0.15) is 50.7 Å². The van der Waals surface area contributed by atoms with Crippen LogP contribution in [-0.2, 0) is 11.3 Å². The minimum absolute atomic E-state index is 0.105. The van der Waals surface area contributed by atoms with Gasteiger partial charge in [0, 0.05) is 25.2 Å². The molecule has 0 radical (unpaired) electrons. The normalized spacial score (nSPS) is 15.1. The number of likely N-dealkylation sites (tertiary alicyclic amines) is 1. The molecule has 0 saturated carbocycles. The summed E-state index contributed by atoms with van der Waals surface area (Å²) >= 11 is 0. The molecule has 0 unspecified atom stereocenters. The van der Waals surface area contributed by atoms with Gasteiger partial charge in [0.1, 0.15) is 17.3 Å². The van der Waals surface area contributed by atoms with E-state index in [0.29, 0.717) is 42.6 Å². The van der Waals surface area contributed by atoms with Crippen molar-refractivity contribution in [1.82, 2.24) is 10.2 Å². The standard InChI is InChI=1S/C32H42FN3O3/c1-24(2)22-38-31-18-26(17-29(33)19-31)20-35-32(37)8-6-5-7-28(21-34-3)27-9-11-30(12-10-27)39-23-25-13-15-36(4)16-14-25/h5,7,9-12,17-19,21,24-25H,3,6,8,13-16,20,22-23H2,1-2,4H3,(H,35,37)/b7-5-,28-21+. The SMILES string of the molecule is C=N/C=C(\C=C/CCC(=O)NCc1cc(F)cc(OCC(C)C)c1)c1ccc(OCC2CCN(C)CC2)cc1. The summed E-state index contributed by atoms with van der Waals surface area (Å²) in [6.45, 7) is 11.4. The molecule has 0 aliphatic carbocycles. The smallest absolute Gasteiger partial charge is 0.220 e. The largest absolute Gasteiger partial charge is 0.493 e. The summed E-state index contributed by atoms with van der Waals surface area (Å²) in [5, 5.41) is 2.85. The summed E-state index contributed by atoms with van der Waals surface area (Å²) < 4.78 is 25.6. The first-order valence-electron chi connectivity index (χ1n) is 13.8. The van der Waals surface area contributed by atoms with Crippen LogP contribution in [0, 0.1) is 17.7 Å². The zero-order valence-corrected chi connectivity index (χ0v) is 23.5. The van der Waals surface area contributed by atoms with Gasteiger partial charge in [-0.2, -0.15) is 0 Å². The third-order valence-corrected chi connectivity index (χ3v) is 6.58. The molecule has 1 amide bonds. The number of carbonyl (C=O) groups is 1. The summed E-state index contributed by atoms with van der Waals surface area (Å²) in [6.07, 6.45) is 8.82. The molecule has 0 spiro atoms. The van der Waals surface area contributed by atoms with E-state index in [1.807, 2.05) is 50.3 Å². The Kier molecular flexibility index (Phi) is 12.2. The first-order chi connectivity index (χ1) is 18.8. The van der Waals surface area contributed by atoms with Crippen LogP contribution in [0.4, 0.5) is 4.39 Å². The zero-order valence-electron chi connectivity index (χ0n) is 23.5. The van der Waals surface area contributed by atoms with E-state index in [9.17, 15) is 9.18 Å². The number of hydrogen-bond acceptors (Lipinski definition) is 5. The number of hydrogen-bond donors (Lipinski definition) is 1. The van der Waals surface area contributed by atoms with Crippen molar-refractivity contribution in [3.05, 3.63) is 77.8 Å². The molecule has 39 heavy (non-hydrogen) atoms. The maximum Gasteiger partial charge on any atom is 0.220 e. The van der Waals surface area contributed by atoms with Gasteiger partial charge in [0.15, 0.2) is 0 Å². The summed E-state index contributed by atoms with van der Waals surface area (Å²) in [7, 11) is 2.16. The van der Waals surface area contributed by atoms with Crippen molar-refractivity contribution in [1.29, 1.82) is 0 Å². The van der Waals surface area contributed by atoms with Gasteiger partial charge in [-0.3, -0.25) is 9.79 Å². The van der Waals surface area contributed by atoms with Crippen LogP contribution in [0.3, 0.4) is 0 Å². The van der Waals surface area contributed by atoms with Gasteiger partial charge in [-0.05, 0) is 98.9 Å². The van der Waals surface area contributed by atoms with Crippen LogP contribution in [0.15, 0.2) is 65.8 Å². The average Bonchev–Trinajstić information content (AvgIpc) is 2.92. The number of piperidine rings is 1. The maximum atomic E-state index is 13.9. The topological polar surface area (TPSA) is 63.2 Å². The number of rotatable bonds is 14. The highest BCUT2D eigenvalue weighted by Gasteiger charge is 2.17. The highest BCUT2D eigenvalue weighted by Crippen LogP contribution is 2.23. The first-order valence-corrected chi connectivity index (χ1v) is 13.8. The number of carbonyl (C=O) groups excluding carboxylic acids is 1. The monoisotopic (exact) mass is 535 g/mol. The number of aliphatic imine (C=N–C) groups is 1. The van der Waals surface area contributed by atoms with Gasteiger partial charge >= 0.3 is 0 Å². The first kappa shape index (κ1) is 30.1. The molecule has 0 atom stereocenters. The van der Waals surface area contributed by atoms with Crippen LogP contribution in [0.2, 0.25) is 0 Å². The van der Waals surface area contributed by atoms with E-state index in [0.717, 1.165) is 36.6 Å². The van der Waals surface area contributed by atoms with Gasteiger partial charge in [-0.1, -0.05) is 38.1 Å². The number of amides is 1. The van der Waals surface area contributed by atoms with Crippen molar-refractivity contribution in [2.75, 3.05) is 33.4 Å². The third kappa shape index (κ3) is 11.1. The lowest BCUT2D eigenvalue weighted by Crippen LogP contribution is -2.32. The lowest BCUT2D eigenvalue weighted by atomic mass is 9.98. The number of ether oxygens (including phenoxy) is 2. The number of nitrogens with zero attached hydrogens (tertiary/aromatic N) is 2. The van der Waals surface area contributed by atoms with Crippen molar-refractivity contribution < 1.29 is 18.7 Å². The Labute approximate surface area is 232 Å². The van der Waals surface area contributed by atoms with Crippen molar-refractivity contribution in [3.8, 4) is 11.5 Å². The molecule has 6 nitrogen and oxygen atoms in total. The quantitative estimate of drug-likeness (QED) is 0.229. The van der Waals surface area contributed by atoms with Crippen molar-refractivity contribution in [2.24, 2.45) is 16.8 Å². The van der Waals surface area contributed by atoms with Gasteiger partial charge in [-0.25, -0.2) is 4.39 Å². The fourth-order valence-corrected chi connectivity index (χ4v) is 4.28. The summed E-state index contributed by atoms with van der Waals surface area (Å²) in [5.41, 5.74) is 2.57. The Morgan fingerprint density at radius 3 is 2.59 bits per heavy atom. The predicted molar refractivity (Wildman–Crippen MR) is 157 cm³/mol. The van der Waals surface area contributed by atoms with Gasteiger partial charge in [-0.15, -0.1) is 0 Å². The van der Waals surface area contributed by atoms with Crippen LogP contribution in [0.5, 0.6) is 11.5 Å². The average molecular weight is 536 g/mol. The molecule has 1 saturated heterocycles. The molecule has 1 N–H and O–H groups in total. The van der Waals surface area contributed by atoms with Gasteiger partial charge < -0.3 is 19.7 Å². The zero-order chi connectivity index (χ0) is 28.0. The van der Waals surface area contributed by atoms with Crippen LogP contribution in [-0.4, -0.2) is 50.9 Å². The molecule has 1 fully saturated rings. The molecule has 0 aromatic heterocycles. The van der Waals surface area contributed by atoms with Crippen LogP contribution >= 0.6 is 0 Å². The van der Waals surface area contributed by atoms with Gasteiger partial charge in [0.05, 0.1) is 13.2 Å². The lowest BCUT2D eigenvalue weighted by molar-refractivity contribution is -0.121. The second-order valence-corrected chi connectivity index (χ2v) is 10.6. The molecule has 2 aromatic rings. The molecule has 1 heterocycles. The molecule has 210 valence electrons. The minimum Gasteiger partial charge on any atom is -0.493 e. The van der Waals surface area contributed by atoms with E-state index >= 15 is 0 Å². The summed E-state index contributed by atoms with van der Waals surface area (Å²) in [4.78, 5) is 18.6. The van der Waals surface area contributed by atoms with E-state index in [1.54, 1.807) is 12.3 Å². The Morgan fingerprint density at radius 2 is 1.90 bits per heavy atom. The number of halogens is 1. The van der Waals surface area contributed by atoms with Crippen LogP contribution < -0.4 is 14.8 Å². The number of allylic oxidation sites excluding steroid dienone is 3. The second-order valence-electron chi connectivity index (χ2n) is 10.6. The summed E-state index contributed by atoms with van der Waals surface area (Å²) in [5.74, 6) is 1.80. The maximum absolute atomic E-state index is 13.9. The molecular formula is C32H42FN3O3. The summed E-state index contributed by atoms with van der Waals surface area (Å²) in [6, 6.07) is 12.5.